The van der Waals surface area contributed by atoms with Gasteiger partial charge in [-0.25, -0.2) is 0 Å². The van der Waals surface area contributed by atoms with Gasteiger partial charge in [-0.1, -0.05) is 59.8 Å². The molecule has 0 radical (unpaired) electrons. The summed E-state index contributed by atoms with van der Waals surface area (Å²) in [6, 6.07) is 2.20. The first kappa shape index (κ1) is 24.5. The lowest BCUT2D eigenvalue weighted by Gasteiger charge is -2.43. The van der Waals surface area contributed by atoms with Crippen LogP contribution in [0.3, 0.4) is 0 Å². The van der Waals surface area contributed by atoms with Gasteiger partial charge in [0.05, 0.1) is 0 Å². The molecule has 0 unspecified atom stereocenters. The van der Waals surface area contributed by atoms with E-state index in [-0.39, 0.29) is 5.41 Å². The first-order valence-corrected chi connectivity index (χ1v) is 10.8. The highest BCUT2D eigenvalue weighted by molar-refractivity contribution is 5.87. The summed E-state index contributed by atoms with van der Waals surface area (Å²) >= 11 is 0. The summed E-state index contributed by atoms with van der Waals surface area (Å²) in [5.74, 6) is 1.46. The number of phenolic OH excluding ortho intramolecular Hbond substituents is 1. The van der Waals surface area contributed by atoms with Gasteiger partial charge in [0, 0.05) is 18.1 Å². The molecule has 28 heavy (non-hydrogen) atoms. The number of likely N-dealkylation sites (N-methyl/N-ethyl adjacent to an activating group) is 1. The Kier molecular flexibility index (Phi) is 9.46. The molecular weight excluding hydrogens is 346 g/mol. The molecule has 3 N–H and O–H groups in total. The molecule has 3 heteroatoms. The quantitative estimate of drug-likeness (QED) is 0.616. The van der Waals surface area contributed by atoms with Crippen LogP contribution in [0.2, 0.25) is 0 Å². The van der Waals surface area contributed by atoms with Gasteiger partial charge in [0.1, 0.15) is 5.75 Å². The van der Waals surface area contributed by atoms with E-state index in [4.69, 9.17) is 5.11 Å². The minimum atomic E-state index is 0.0887. The van der Waals surface area contributed by atoms with Crippen LogP contribution in [0.15, 0.2) is 18.2 Å². The molecule has 0 amide bonds. The van der Waals surface area contributed by atoms with Crippen molar-refractivity contribution in [2.75, 3.05) is 20.7 Å². The lowest BCUT2D eigenvalue weighted by molar-refractivity contribution is 0.332. The Morgan fingerprint density at radius 1 is 1.25 bits per heavy atom. The van der Waals surface area contributed by atoms with Crippen molar-refractivity contribution in [1.82, 2.24) is 5.32 Å². The van der Waals surface area contributed by atoms with Gasteiger partial charge in [0.2, 0.25) is 0 Å². The van der Waals surface area contributed by atoms with E-state index in [1.54, 1.807) is 0 Å². The average Bonchev–Trinajstić information content (AvgIpc) is 2.71. The van der Waals surface area contributed by atoms with Crippen molar-refractivity contribution in [3.05, 3.63) is 40.5 Å². The topological polar surface area (TPSA) is 52.5 Å². The summed E-state index contributed by atoms with van der Waals surface area (Å²) in [6.45, 7) is 13.9. The van der Waals surface area contributed by atoms with E-state index in [0.29, 0.717) is 17.6 Å². The third-order valence-electron chi connectivity index (χ3n) is 6.14. The maximum absolute atomic E-state index is 11.0. The van der Waals surface area contributed by atoms with Crippen LogP contribution in [0, 0.1) is 11.3 Å². The minimum absolute atomic E-state index is 0.0887. The number of aromatic hydroxyl groups is 1. The number of rotatable bonds is 4. The normalized spacial score (nSPS) is 22.2. The number of hydrogen-bond donors (Lipinski definition) is 3. The van der Waals surface area contributed by atoms with Crippen molar-refractivity contribution in [2.45, 2.75) is 66.7 Å². The Balaban J connectivity index is 0.000000921. The van der Waals surface area contributed by atoms with Crippen molar-refractivity contribution in [1.29, 1.82) is 0 Å². The Bertz CT molecular complexity index is 703. The molecule has 0 aromatic heterocycles. The van der Waals surface area contributed by atoms with Crippen molar-refractivity contribution >= 4 is 11.6 Å². The standard InChI is InChI=1S/C22H31NO.C2H6.CH4O/c1-14(2)18-13-16-9-11-22(4)15(3)7-6-8-19(22)20(16)17(21(18)24)10-12-23-5;2*1-2/h8-9,11,13-15,23-24H,6-7,10,12H2,1-5H3;1-2H3;2H,1H3/t15-,22+;;/m1../s1. The molecule has 0 saturated carbocycles. The van der Waals surface area contributed by atoms with Crippen molar-refractivity contribution in [3.8, 4) is 5.75 Å². The van der Waals surface area contributed by atoms with Crippen LogP contribution in [-0.2, 0) is 6.42 Å². The van der Waals surface area contributed by atoms with E-state index in [2.05, 4.69) is 57.3 Å². The van der Waals surface area contributed by atoms with Crippen molar-refractivity contribution in [2.24, 2.45) is 11.3 Å². The molecule has 2 aliphatic carbocycles. The van der Waals surface area contributed by atoms with E-state index < -0.39 is 0 Å². The highest BCUT2D eigenvalue weighted by Crippen LogP contribution is 2.54. The lowest BCUT2D eigenvalue weighted by atomic mass is 9.61. The van der Waals surface area contributed by atoms with Gasteiger partial charge in [-0.2, -0.15) is 0 Å². The third kappa shape index (κ3) is 4.52. The zero-order valence-electron chi connectivity index (χ0n) is 19.2. The van der Waals surface area contributed by atoms with Crippen molar-refractivity contribution < 1.29 is 10.2 Å². The summed E-state index contributed by atoms with van der Waals surface area (Å²) in [5.41, 5.74) is 6.28. The molecule has 158 valence electrons. The first-order valence-electron chi connectivity index (χ1n) is 10.8. The van der Waals surface area contributed by atoms with Crippen LogP contribution in [0.5, 0.6) is 5.75 Å². The first-order chi connectivity index (χ1) is 13.4. The number of aliphatic hydroxyl groups excluding tert-OH is 1. The minimum Gasteiger partial charge on any atom is -0.507 e. The fraction of sp³-hybridized carbons (Fsp3) is 0.600. The molecule has 3 nitrogen and oxygen atoms in total. The fourth-order valence-electron chi connectivity index (χ4n) is 4.31. The highest BCUT2D eigenvalue weighted by Gasteiger charge is 2.39. The summed E-state index contributed by atoms with van der Waals surface area (Å²) in [7, 11) is 2.97. The predicted octanol–water partition coefficient (Wildman–Crippen LogP) is 5.76. The van der Waals surface area contributed by atoms with E-state index in [1.165, 1.54) is 23.1 Å². The maximum Gasteiger partial charge on any atom is 0.122 e. The van der Waals surface area contributed by atoms with Gasteiger partial charge < -0.3 is 15.5 Å². The summed E-state index contributed by atoms with van der Waals surface area (Å²) in [6.07, 6.45) is 10.3. The highest BCUT2D eigenvalue weighted by atomic mass is 16.3. The van der Waals surface area contributed by atoms with Crippen LogP contribution in [0.4, 0.5) is 0 Å². The Hall–Kier alpha value is -1.58. The molecule has 0 heterocycles. The smallest absolute Gasteiger partial charge is 0.122 e. The summed E-state index contributed by atoms with van der Waals surface area (Å²) < 4.78 is 0. The number of nitrogens with one attached hydrogen (secondary N) is 1. The zero-order valence-corrected chi connectivity index (χ0v) is 19.2. The second-order valence-corrected chi connectivity index (χ2v) is 7.98. The van der Waals surface area contributed by atoms with Crippen LogP contribution >= 0.6 is 0 Å². The molecule has 0 fully saturated rings. The zero-order chi connectivity index (χ0) is 21.5. The van der Waals surface area contributed by atoms with Crippen LogP contribution in [0.1, 0.15) is 82.6 Å². The molecule has 3 rings (SSSR count). The molecular formula is C25H41NO2. The third-order valence-corrected chi connectivity index (χ3v) is 6.14. The molecule has 0 spiro atoms. The number of phenols is 1. The Morgan fingerprint density at radius 2 is 1.89 bits per heavy atom. The van der Waals surface area contributed by atoms with Gasteiger partial charge in [-0.15, -0.1) is 0 Å². The SMILES string of the molecule is CC.CNCCc1c(O)c(C(C)C)cc2c1C1=CCC[C@@H](C)[C@]1(C)C=C2.CO. The van der Waals surface area contributed by atoms with Crippen LogP contribution in [0.25, 0.3) is 11.6 Å². The number of benzene rings is 1. The fourth-order valence-corrected chi connectivity index (χ4v) is 4.31. The average molecular weight is 388 g/mol. The second kappa shape index (κ2) is 10.8. The molecule has 1 aromatic rings. The van der Waals surface area contributed by atoms with Crippen LogP contribution in [-0.4, -0.2) is 30.9 Å². The predicted molar refractivity (Wildman–Crippen MR) is 123 cm³/mol. The Labute approximate surface area is 172 Å². The summed E-state index contributed by atoms with van der Waals surface area (Å²) in [5, 5.41) is 21.2. The molecule has 0 aliphatic heterocycles. The molecule has 0 bridgehead atoms. The van der Waals surface area contributed by atoms with Crippen LogP contribution < -0.4 is 5.32 Å². The molecule has 1 aromatic carbocycles. The van der Waals surface area contributed by atoms with E-state index in [9.17, 15) is 5.11 Å². The largest absolute Gasteiger partial charge is 0.507 e. The monoisotopic (exact) mass is 387 g/mol. The number of aliphatic hydroxyl groups is 1. The van der Waals surface area contributed by atoms with E-state index in [0.717, 1.165) is 37.6 Å². The Morgan fingerprint density at radius 3 is 2.46 bits per heavy atom. The molecule has 2 atom stereocenters. The lowest BCUT2D eigenvalue weighted by Crippen LogP contribution is -2.30. The summed E-state index contributed by atoms with van der Waals surface area (Å²) in [4.78, 5) is 0. The van der Waals surface area contributed by atoms with Gasteiger partial charge in [0.25, 0.3) is 0 Å². The van der Waals surface area contributed by atoms with Crippen molar-refractivity contribution in [3.63, 3.8) is 0 Å². The van der Waals surface area contributed by atoms with Gasteiger partial charge in [-0.05, 0) is 73.0 Å². The van der Waals surface area contributed by atoms with Gasteiger partial charge in [0.15, 0.2) is 0 Å². The number of allylic oxidation sites excluding steroid dienone is 3. The maximum atomic E-state index is 11.0. The van der Waals surface area contributed by atoms with Gasteiger partial charge in [-0.3, -0.25) is 0 Å². The van der Waals surface area contributed by atoms with Gasteiger partial charge >= 0.3 is 0 Å². The number of hydrogen-bond acceptors (Lipinski definition) is 3. The van der Waals surface area contributed by atoms with E-state index in [1.807, 2.05) is 20.9 Å². The number of fused-ring (bicyclic) bond motifs is 3. The van der Waals surface area contributed by atoms with E-state index >= 15 is 0 Å². The molecule has 0 saturated heterocycles. The second-order valence-electron chi connectivity index (χ2n) is 7.98. The molecule has 2 aliphatic rings.